The number of hydrogen-bond acceptors (Lipinski definition) is 6. The van der Waals surface area contributed by atoms with E-state index in [2.05, 4.69) is 14.9 Å². The average molecular weight is 516 g/mol. The summed E-state index contributed by atoms with van der Waals surface area (Å²) in [5.41, 5.74) is -0.290. The number of carbonyl (C=O) groups excluding carboxylic acids is 1. The van der Waals surface area contributed by atoms with E-state index in [9.17, 15) is 26.4 Å². The zero-order chi connectivity index (χ0) is 25.5. The van der Waals surface area contributed by atoms with Gasteiger partial charge in [-0.25, -0.2) is 13.1 Å². The molecule has 2 N–H and O–H groups in total. The summed E-state index contributed by atoms with van der Waals surface area (Å²) >= 11 is 0. The molecule has 3 rings (SSSR count). The van der Waals surface area contributed by atoms with Crippen molar-refractivity contribution in [3.8, 4) is 5.75 Å². The van der Waals surface area contributed by atoms with Crippen LogP contribution in [0, 0.1) is 0 Å². The largest absolute Gasteiger partial charge is 0.497 e. The van der Waals surface area contributed by atoms with Crippen LogP contribution in [0.4, 0.5) is 13.2 Å². The van der Waals surface area contributed by atoms with Crippen LogP contribution in [-0.4, -0.2) is 65.7 Å². The normalized spacial score (nSPS) is 16.0. The van der Waals surface area contributed by atoms with Crippen molar-refractivity contribution in [1.29, 1.82) is 0 Å². The molecule has 8 nitrogen and oxygen atoms in total. The number of benzene rings is 2. The number of nitrogens with one attached hydrogen (secondary N) is 2. The van der Waals surface area contributed by atoms with Gasteiger partial charge in [0.05, 0.1) is 36.8 Å². The van der Waals surface area contributed by atoms with E-state index < -0.39 is 32.6 Å². The molecule has 0 aliphatic carbocycles. The van der Waals surface area contributed by atoms with Crippen LogP contribution in [0.5, 0.6) is 5.75 Å². The molecule has 2 aromatic carbocycles. The highest BCUT2D eigenvalue weighted by Gasteiger charge is 2.36. The fraction of sp³-hybridized carbons (Fsp3) is 0.435. The van der Waals surface area contributed by atoms with E-state index in [1.54, 1.807) is 7.11 Å². The summed E-state index contributed by atoms with van der Waals surface area (Å²) in [7, 11) is -2.88. The summed E-state index contributed by atoms with van der Waals surface area (Å²) in [4.78, 5) is 13.7. The molecule has 1 fully saturated rings. The molecule has 2 aromatic rings. The van der Waals surface area contributed by atoms with E-state index in [1.807, 2.05) is 24.3 Å². The standard InChI is InChI=1S/C23H28F3N3O5S/c1-33-18-8-6-17(7-9-18)20(29-12-14-34-15-13-29)16-27-22(30)10-11-28-35(31,32)21-5-3-2-4-19(21)23(24,25)26/h2-9,20,28H,10-16H2,1H3,(H,27,30)/t20-/m0/s1. The molecule has 0 bridgehead atoms. The summed E-state index contributed by atoms with van der Waals surface area (Å²) in [5, 5.41) is 2.80. The van der Waals surface area contributed by atoms with Crippen molar-refractivity contribution in [3.05, 3.63) is 59.7 Å². The Balaban J connectivity index is 1.59. The molecule has 1 aliphatic heterocycles. The molecular formula is C23H28F3N3O5S. The SMILES string of the molecule is COc1ccc([C@H](CNC(=O)CCNS(=O)(=O)c2ccccc2C(F)(F)F)N2CCOCC2)cc1. The fourth-order valence-electron chi connectivity index (χ4n) is 3.78. The van der Waals surface area contributed by atoms with Crippen molar-refractivity contribution in [2.45, 2.75) is 23.5 Å². The predicted octanol–water partition coefficient (Wildman–Crippen LogP) is 2.57. The molecule has 0 aromatic heterocycles. The van der Waals surface area contributed by atoms with Crippen LogP contribution in [0.3, 0.4) is 0 Å². The van der Waals surface area contributed by atoms with Crippen LogP contribution < -0.4 is 14.8 Å². The van der Waals surface area contributed by atoms with Gasteiger partial charge in [0, 0.05) is 32.6 Å². The lowest BCUT2D eigenvalue weighted by molar-refractivity contribution is -0.139. The van der Waals surface area contributed by atoms with Crippen LogP contribution in [0.2, 0.25) is 0 Å². The van der Waals surface area contributed by atoms with E-state index in [1.165, 1.54) is 6.07 Å². The van der Waals surface area contributed by atoms with E-state index in [-0.39, 0.29) is 25.6 Å². The van der Waals surface area contributed by atoms with Crippen LogP contribution in [0.15, 0.2) is 53.4 Å². The highest BCUT2D eigenvalue weighted by Crippen LogP contribution is 2.33. The Morgan fingerprint density at radius 2 is 1.77 bits per heavy atom. The van der Waals surface area contributed by atoms with Gasteiger partial charge in [0.15, 0.2) is 0 Å². The van der Waals surface area contributed by atoms with Crippen LogP contribution in [0.25, 0.3) is 0 Å². The van der Waals surface area contributed by atoms with Gasteiger partial charge in [-0.2, -0.15) is 13.2 Å². The van der Waals surface area contributed by atoms with Gasteiger partial charge in [-0.1, -0.05) is 24.3 Å². The molecule has 1 saturated heterocycles. The molecule has 0 saturated carbocycles. The van der Waals surface area contributed by atoms with Crippen LogP contribution >= 0.6 is 0 Å². The summed E-state index contributed by atoms with van der Waals surface area (Å²) in [6.07, 6.45) is -5.05. The number of alkyl halides is 3. The lowest BCUT2D eigenvalue weighted by atomic mass is 10.0. The zero-order valence-electron chi connectivity index (χ0n) is 19.2. The molecule has 0 radical (unpaired) electrons. The Morgan fingerprint density at radius 1 is 1.11 bits per heavy atom. The van der Waals surface area contributed by atoms with E-state index in [4.69, 9.17) is 9.47 Å². The minimum Gasteiger partial charge on any atom is -0.497 e. The first-order valence-electron chi connectivity index (χ1n) is 11.0. The summed E-state index contributed by atoms with van der Waals surface area (Å²) < 4.78 is 77.0. The Bertz CT molecular complexity index is 1090. The van der Waals surface area contributed by atoms with Crippen molar-refractivity contribution in [2.24, 2.45) is 0 Å². The molecule has 0 unspecified atom stereocenters. The molecule has 0 spiro atoms. The lowest BCUT2D eigenvalue weighted by Crippen LogP contribution is -2.44. The third kappa shape index (κ3) is 7.40. The first-order chi connectivity index (χ1) is 16.6. The number of methoxy groups -OCH3 is 1. The molecular weight excluding hydrogens is 487 g/mol. The first-order valence-corrected chi connectivity index (χ1v) is 12.5. The van der Waals surface area contributed by atoms with Gasteiger partial charge in [0.2, 0.25) is 15.9 Å². The number of amides is 1. The Labute approximate surface area is 202 Å². The molecule has 1 heterocycles. The van der Waals surface area contributed by atoms with Gasteiger partial charge in [0.25, 0.3) is 0 Å². The maximum absolute atomic E-state index is 13.2. The van der Waals surface area contributed by atoms with Gasteiger partial charge in [-0.05, 0) is 29.8 Å². The highest BCUT2D eigenvalue weighted by atomic mass is 32.2. The van der Waals surface area contributed by atoms with Crippen molar-refractivity contribution in [2.75, 3.05) is 46.5 Å². The number of nitrogens with zero attached hydrogens (tertiary/aromatic N) is 1. The molecule has 1 amide bonds. The first kappa shape index (κ1) is 26.9. The number of carbonyl (C=O) groups is 1. The second kappa shape index (κ2) is 11.8. The Morgan fingerprint density at radius 3 is 2.40 bits per heavy atom. The number of rotatable bonds is 10. The van der Waals surface area contributed by atoms with Gasteiger partial charge < -0.3 is 14.8 Å². The highest BCUT2D eigenvalue weighted by molar-refractivity contribution is 7.89. The molecule has 192 valence electrons. The maximum Gasteiger partial charge on any atom is 0.417 e. The van der Waals surface area contributed by atoms with Gasteiger partial charge >= 0.3 is 6.18 Å². The fourth-order valence-corrected chi connectivity index (χ4v) is 5.04. The topological polar surface area (TPSA) is 97.0 Å². The number of hydrogen-bond donors (Lipinski definition) is 2. The quantitative estimate of drug-likeness (QED) is 0.505. The van der Waals surface area contributed by atoms with Crippen molar-refractivity contribution < 1.29 is 35.9 Å². The van der Waals surface area contributed by atoms with E-state index >= 15 is 0 Å². The molecule has 12 heteroatoms. The number of sulfonamides is 1. The van der Waals surface area contributed by atoms with E-state index in [0.29, 0.717) is 38.1 Å². The molecule has 35 heavy (non-hydrogen) atoms. The van der Waals surface area contributed by atoms with Crippen molar-refractivity contribution >= 4 is 15.9 Å². The van der Waals surface area contributed by atoms with Crippen LogP contribution in [-0.2, 0) is 25.7 Å². The second-order valence-electron chi connectivity index (χ2n) is 7.88. The summed E-state index contributed by atoms with van der Waals surface area (Å²) in [6, 6.07) is 11.3. The van der Waals surface area contributed by atoms with Gasteiger partial charge in [-0.15, -0.1) is 0 Å². The Kier molecular flexibility index (Phi) is 9.11. The summed E-state index contributed by atoms with van der Waals surface area (Å²) in [6.45, 7) is 2.44. The number of morpholine rings is 1. The average Bonchev–Trinajstić information content (AvgIpc) is 2.84. The smallest absolute Gasteiger partial charge is 0.417 e. The zero-order valence-corrected chi connectivity index (χ0v) is 20.0. The second-order valence-corrected chi connectivity index (χ2v) is 9.62. The van der Waals surface area contributed by atoms with Crippen molar-refractivity contribution in [1.82, 2.24) is 14.9 Å². The van der Waals surface area contributed by atoms with Crippen molar-refractivity contribution in [3.63, 3.8) is 0 Å². The predicted molar refractivity (Wildman–Crippen MR) is 122 cm³/mol. The maximum atomic E-state index is 13.2. The Hall–Kier alpha value is -2.67. The third-order valence-corrected chi connectivity index (χ3v) is 7.12. The monoisotopic (exact) mass is 515 g/mol. The molecule has 1 atom stereocenters. The minimum atomic E-state index is -4.82. The van der Waals surface area contributed by atoms with Gasteiger partial charge in [-0.3, -0.25) is 9.69 Å². The lowest BCUT2D eigenvalue weighted by Gasteiger charge is -2.35. The minimum absolute atomic E-state index is 0.135. The molecule has 1 aliphatic rings. The third-order valence-electron chi connectivity index (χ3n) is 5.61. The van der Waals surface area contributed by atoms with E-state index in [0.717, 1.165) is 17.7 Å². The van der Waals surface area contributed by atoms with Gasteiger partial charge in [0.1, 0.15) is 5.75 Å². The summed E-state index contributed by atoms with van der Waals surface area (Å²) in [5.74, 6) is 0.279. The number of halogens is 3. The number of ether oxygens (including phenoxy) is 2. The van der Waals surface area contributed by atoms with Crippen LogP contribution in [0.1, 0.15) is 23.6 Å².